The predicted molar refractivity (Wildman–Crippen MR) is 99.4 cm³/mol. The Morgan fingerprint density at radius 1 is 1.36 bits per heavy atom. The Labute approximate surface area is 152 Å². The smallest absolute Gasteiger partial charge is 0.272 e. The summed E-state index contributed by atoms with van der Waals surface area (Å²) in [5, 5.41) is 0. The first-order valence-corrected chi connectivity index (χ1v) is 8.90. The lowest BCUT2D eigenvalue weighted by Crippen LogP contribution is -2.21. The number of thiazole rings is 1. The maximum absolute atomic E-state index is 12.8. The molecule has 3 aromatic rings. The Morgan fingerprint density at radius 3 is 2.84 bits per heavy atom. The standard InChI is InChI=1S/C17H16FN3O2S2/c1-2-8-21-15-14(25-17(21)24)16(22)20(11-19-15)9-3-10-23-13-6-4-12(18)5-7-13/h2,4-7,11H,1,3,8-10H2. The normalized spacial score (nSPS) is 10.9. The van der Waals surface area contributed by atoms with Crippen LogP contribution in [0.3, 0.4) is 0 Å². The molecule has 0 spiro atoms. The molecule has 2 heterocycles. The quantitative estimate of drug-likeness (QED) is 0.357. The SMILES string of the molecule is C=CCn1c(=S)sc2c(=O)n(CCCOc3ccc(F)cc3)cnc21. The van der Waals surface area contributed by atoms with E-state index in [0.717, 1.165) is 0 Å². The number of ether oxygens (including phenoxy) is 1. The topological polar surface area (TPSA) is 49.0 Å². The van der Waals surface area contributed by atoms with Crippen molar-refractivity contribution in [3.63, 3.8) is 0 Å². The van der Waals surface area contributed by atoms with Gasteiger partial charge in [-0.25, -0.2) is 9.37 Å². The van der Waals surface area contributed by atoms with Crippen molar-refractivity contribution < 1.29 is 9.13 Å². The van der Waals surface area contributed by atoms with Gasteiger partial charge in [0.15, 0.2) is 9.60 Å². The molecule has 0 saturated heterocycles. The van der Waals surface area contributed by atoms with Crippen LogP contribution in [0.15, 0.2) is 48.0 Å². The monoisotopic (exact) mass is 377 g/mol. The molecule has 5 nitrogen and oxygen atoms in total. The van der Waals surface area contributed by atoms with Crippen molar-refractivity contribution in [2.24, 2.45) is 0 Å². The highest BCUT2D eigenvalue weighted by molar-refractivity contribution is 7.73. The second kappa shape index (κ2) is 7.71. The zero-order valence-corrected chi connectivity index (χ0v) is 15.0. The van der Waals surface area contributed by atoms with Crippen LogP contribution in [-0.2, 0) is 13.1 Å². The van der Waals surface area contributed by atoms with E-state index in [1.165, 1.54) is 29.8 Å². The third-order valence-corrected chi connectivity index (χ3v) is 5.01. The summed E-state index contributed by atoms with van der Waals surface area (Å²) in [7, 11) is 0. The van der Waals surface area contributed by atoms with Gasteiger partial charge in [0.2, 0.25) is 0 Å². The van der Waals surface area contributed by atoms with Crippen molar-refractivity contribution in [1.82, 2.24) is 14.1 Å². The Balaban J connectivity index is 1.68. The zero-order valence-electron chi connectivity index (χ0n) is 13.4. The largest absolute Gasteiger partial charge is 0.494 e. The van der Waals surface area contributed by atoms with Gasteiger partial charge in [0.1, 0.15) is 16.3 Å². The maximum atomic E-state index is 12.8. The number of hydrogen-bond donors (Lipinski definition) is 0. The van der Waals surface area contributed by atoms with Gasteiger partial charge in [0.25, 0.3) is 5.56 Å². The molecule has 0 fully saturated rings. The lowest BCUT2D eigenvalue weighted by atomic mass is 10.3. The number of rotatable bonds is 7. The van der Waals surface area contributed by atoms with Gasteiger partial charge in [-0.3, -0.25) is 9.36 Å². The van der Waals surface area contributed by atoms with Gasteiger partial charge in [0.05, 0.1) is 12.9 Å². The molecule has 0 aliphatic carbocycles. The molecule has 8 heteroatoms. The van der Waals surface area contributed by atoms with Gasteiger partial charge in [-0.2, -0.15) is 0 Å². The summed E-state index contributed by atoms with van der Waals surface area (Å²) >= 11 is 6.55. The molecule has 0 atom stereocenters. The van der Waals surface area contributed by atoms with E-state index in [0.29, 0.717) is 46.2 Å². The van der Waals surface area contributed by atoms with E-state index in [1.54, 1.807) is 27.3 Å². The molecule has 0 unspecified atom stereocenters. The first kappa shape index (κ1) is 17.5. The molecule has 0 aliphatic heterocycles. The van der Waals surface area contributed by atoms with Gasteiger partial charge in [-0.1, -0.05) is 17.4 Å². The summed E-state index contributed by atoms with van der Waals surface area (Å²) in [5.74, 6) is 0.297. The van der Waals surface area contributed by atoms with Crippen molar-refractivity contribution in [2.45, 2.75) is 19.5 Å². The third-order valence-electron chi connectivity index (χ3n) is 3.58. The van der Waals surface area contributed by atoms with E-state index >= 15 is 0 Å². The van der Waals surface area contributed by atoms with Crippen molar-refractivity contribution in [2.75, 3.05) is 6.61 Å². The number of benzene rings is 1. The lowest BCUT2D eigenvalue weighted by molar-refractivity contribution is 0.300. The second-order valence-corrected chi connectivity index (χ2v) is 6.96. The van der Waals surface area contributed by atoms with Crippen molar-refractivity contribution in [1.29, 1.82) is 0 Å². The number of halogens is 1. The summed E-state index contributed by atoms with van der Waals surface area (Å²) in [4.78, 5) is 16.9. The summed E-state index contributed by atoms with van der Waals surface area (Å²) in [6.45, 7) is 5.12. The number of nitrogens with zero attached hydrogens (tertiary/aromatic N) is 3. The minimum atomic E-state index is -0.302. The molecule has 3 rings (SSSR count). The lowest BCUT2D eigenvalue weighted by Gasteiger charge is -2.08. The molecule has 0 radical (unpaired) electrons. The summed E-state index contributed by atoms with van der Waals surface area (Å²) in [5.41, 5.74) is 0.490. The Kier molecular flexibility index (Phi) is 5.40. The minimum absolute atomic E-state index is 0.106. The van der Waals surface area contributed by atoms with Gasteiger partial charge in [-0.15, -0.1) is 6.58 Å². The molecule has 0 saturated carbocycles. The Bertz CT molecular complexity index is 1010. The van der Waals surface area contributed by atoms with Crippen LogP contribution in [0.2, 0.25) is 0 Å². The van der Waals surface area contributed by atoms with Crippen LogP contribution in [0.5, 0.6) is 5.75 Å². The fraction of sp³-hybridized carbons (Fsp3) is 0.235. The van der Waals surface area contributed by atoms with E-state index in [4.69, 9.17) is 17.0 Å². The molecule has 0 aliphatic rings. The fourth-order valence-electron chi connectivity index (χ4n) is 2.38. The molecular weight excluding hydrogens is 361 g/mol. The number of hydrogen-bond acceptors (Lipinski definition) is 5. The van der Waals surface area contributed by atoms with E-state index < -0.39 is 0 Å². The molecule has 2 aromatic heterocycles. The highest BCUT2D eigenvalue weighted by Gasteiger charge is 2.11. The summed E-state index contributed by atoms with van der Waals surface area (Å²) in [6.07, 6.45) is 3.88. The van der Waals surface area contributed by atoms with E-state index in [9.17, 15) is 9.18 Å². The van der Waals surface area contributed by atoms with Crippen LogP contribution in [0, 0.1) is 9.77 Å². The predicted octanol–water partition coefficient (Wildman–Crippen LogP) is 3.78. The van der Waals surface area contributed by atoms with Gasteiger partial charge in [0, 0.05) is 13.1 Å². The average Bonchev–Trinajstić information content (AvgIpc) is 2.92. The molecule has 0 bridgehead atoms. The zero-order chi connectivity index (χ0) is 17.8. The highest BCUT2D eigenvalue weighted by atomic mass is 32.1. The number of aryl methyl sites for hydroxylation is 1. The minimum Gasteiger partial charge on any atom is -0.494 e. The van der Waals surface area contributed by atoms with Crippen molar-refractivity contribution in [3.8, 4) is 5.75 Å². The highest BCUT2D eigenvalue weighted by Crippen LogP contribution is 2.17. The third kappa shape index (κ3) is 3.85. The molecule has 1 aromatic carbocycles. The second-order valence-electron chi connectivity index (χ2n) is 5.32. The first-order chi connectivity index (χ1) is 12.1. The van der Waals surface area contributed by atoms with Crippen LogP contribution < -0.4 is 10.3 Å². The van der Waals surface area contributed by atoms with E-state index in [2.05, 4.69) is 11.6 Å². The van der Waals surface area contributed by atoms with Gasteiger partial charge >= 0.3 is 0 Å². The number of allylic oxidation sites excluding steroid dienone is 1. The molecule has 0 N–H and O–H groups in total. The molecule has 25 heavy (non-hydrogen) atoms. The van der Waals surface area contributed by atoms with Gasteiger partial charge in [-0.05, 0) is 42.9 Å². The van der Waals surface area contributed by atoms with Crippen LogP contribution in [0.4, 0.5) is 4.39 Å². The molecule has 0 amide bonds. The van der Waals surface area contributed by atoms with E-state index in [1.807, 2.05) is 0 Å². The average molecular weight is 377 g/mol. The van der Waals surface area contributed by atoms with Crippen LogP contribution in [0.25, 0.3) is 10.3 Å². The van der Waals surface area contributed by atoms with Crippen LogP contribution in [0.1, 0.15) is 6.42 Å². The van der Waals surface area contributed by atoms with Crippen molar-refractivity contribution >= 4 is 33.9 Å². The fourth-order valence-corrected chi connectivity index (χ4v) is 3.69. The summed E-state index contributed by atoms with van der Waals surface area (Å²) in [6, 6.07) is 5.84. The number of aromatic nitrogens is 3. The van der Waals surface area contributed by atoms with Crippen LogP contribution in [-0.4, -0.2) is 20.7 Å². The Morgan fingerprint density at radius 2 is 2.12 bits per heavy atom. The molecular formula is C17H16FN3O2S2. The van der Waals surface area contributed by atoms with E-state index in [-0.39, 0.29) is 11.4 Å². The first-order valence-electron chi connectivity index (χ1n) is 7.68. The van der Waals surface area contributed by atoms with Crippen LogP contribution >= 0.6 is 23.6 Å². The Hall–Kier alpha value is -2.32. The maximum Gasteiger partial charge on any atom is 0.272 e. The number of fused-ring (bicyclic) bond motifs is 1. The van der Waals surface area contributed by atoms with Gasteiger partial charge < -0.3 is 9.30 Å². The summed E-state index contributed by atoms with van der Waals surface area (Å²) < 4.78 is 22.9. The van der Waals surface area contributed by atoms with Crippen molar-refractivity contribution in [3.05, 3.63) is 63.4 Å². The molecule has 130 valence electrons.